The molecule has 0 saturated carbocycles. The number of nitrogens with zero attached hydrogens (tertiary/aromatic N) is 1. The Morgan fingerprint density at radius 3 is 2.18 bits per heavy atom. The standard InChI is InChI=1S/C8H12N2O2.C3H5NO/c1-4-5-10-6(11)8(2,3)9-7(10)12;1-2-3(4)5/h4H,1,5H2,2-3H3,(H,9,12);2H,1H2,(H2,4,5). The van der Waals surface area contributed by atoms with Crippen molar-refractivity contribution >= 4 is 17.8 Å². The van der Waals surface area contributed by atoms with Gasteiger partial charge in [-0.2, -0.15) is 0 Å². The Morgan fingerprint density at radius 2 is 1.94 bits per heavy atom. The Hall–Kier alpha value is -2.11. The van der Waals surface area contributed by atoms with E-state index in [1.807, 2.05) is 0 Å². The molecule has 0 aromatic heterocycles. The Morgan fingerprint density at radius 1 is 1.47 bits per heavy atom. The minimum absolute atomic E-state index is 0.201. The van der Waals surface area contributed by atoms with Crippen molar-refractivity contribution in [3.8, 4) is 0 Å². The molecule has 0 aromatic rings. The number of hydrogen-bond acceptors (Lipinski definition) is 3. The van der Waals surface area contributed by atoms with Crippen LogP contribution in [0.3, 0.4) is 0 Å². The van der Waals surface area contributed by atoms with Crippen LogP contribution in [0.2, 0.25) is 0 Å². The lowest BCUT2D eigenvalue weighted by Gasteiger charge is -2.14. The summed E-state index contributed by atoms with van der Waals surface area (Å²) in [7, 11) is 0. The molecule has 1 rings (SSSR count). The zero-order valence-corrected chi connectivity index (χ0v) is 10.0. The first-order valence-corrected chi connectivity index (χ1v) is 4.93. The number of rotatable bonds is 3. The molecule has 1 saturated heterocycles. The van der Waals surface area contributed by atoms with Crippen molar-refractivity contribution in [1.82, 2.24) is 10.2 Å². The van der Waals surface area contributed by atoms with Crippen LogP contribution in [0.4, 0.5) is 4.79 Å². The number of primary amides is 1. The maximum absolute atomic E-state index is 11.4. The molecule has 1 aliphatic rings. The van der Waals surface area contributed by atoms with Crippen molar-refractivity contribution in [3.63, 3.8) is 0 Å². The molecule has 6 heteroatoms. The lowest BCUT2D eigenvalue weighted by atomic mass is 10.1. The van der Waals surface area contributed by atoms with Crippen molar-refractivity contribution in [1.29, 1.82) is 0 Å². The second-order valence-corrected chi connectivity index (χ2v) is 3.87. The number of imide groups is 1. The van der Waals surface area contributed by atoms with E-state index in [4.69, 9.17) is 0 Å². The summed E-state index contributed by atoms with van der Waals surface area (Å²) in [6, 6.07) is -0.343. The summed E-state index contributed by atoms with van der Waals surface area (Å²) in [5.74, 6) is -0.683. The second-order valence-electron chi connectivity index (χ2n) is 3.87. The van der Waals surface area contributed by atoms with E-state index in [0.717, 1.165) is 11.0 Å². The van der Waals surface area contributed by atoms with Crippen LogP contribution in [-0.2, 0) is 9.59 Å². The van der Waals surface area contributed by atoms with Crippen molar-refractivity contribution < 1.29 is 14.4 Å². The highest BCUT2D eigenvalue weighted by Gasteiger charge is 2.43. The van der Waals surface area contributed by atoms with E-state index >= 15 is 0 Å². The van der Waals surface area contributed by atoms with E-state index in [1.54, 1.807) is 13.8 Å². The van der Waals surface area contributed by atoms with E-state index < -0.39 is 11.4 Å². The summed E-state index contributed by atoms with van der Waals surface area (Å²) in [6.07, 6.45) is 2.58. The predicted molar refractivity (Wildman–Crippen MR) is 63.9 cm³/mol. The van der Waals surface area contributed by atoms with Gasteiger partial charge >= 0.3 is 6.03 Å². The van der Waals surface area contributed by atoms with Crippen LogP contribution in [0, 0.1) is 0 Å². The fraction of sp³-hybridized carbons (Fsp3) is 0.364. The molecule has 0 aromatic carbocycles. The zero-order chi connectivity index (χ0) is 13.6. The minimum Gasteiger partial charge on any atom is -0.366 e. The lowest BCUT2D eigenvalue weighted by Crippen LogP contribution is -2.40. The number of nitrogens with two attached hydrogens (primary N) is 1. The van der Waals surface area contributed by atoms with Crippen LogP contribution in [0.5, 0.6) is 0 Å². The monoisotopic (exact) mass is 239 g/mol. The van der Waals surface area contributed by atoms with Gasteiger partial charge in [-0.25, -0.2) is 4.79 Å². The molecule has 6 nitrogen and oxygen atoms in total. The first kappa shape index (κ1) is 14.9. The number of amides is 4. The van der Waals surface area contributed by atoms with Crippen molar-refractivity contribution in [2.45, 2.75) is 19.4 Å². The third-order valence-corrected chi connectivity index (χ3v) is 1.96. The van der Waals surface area contributed by atoms with Gasteiger partial charge in [0.05, 0.1) is 0 Å². The van der Waals surface area contributed by atoms with E-state index in [2.05, 4.69) is 24.2 Å². The van der Waals surface area contributed by atoms with Gasteiger partial charge in [0.25, 0.3) is 5.91 Å². The molecule has 17 heavy (non-hydrogen) atoms. The molecule has 1 heterocycles. The highest BCUT2D eigenvalue weighted by Crippen LogP contribution is 2.15. The quantitative estimate of drug-likeness (QED) is 0.417. The van der Waals surface area contributed by atoms with Gasteiger partial charge in [0, 0.05) is 6.54 Å². The van der Waals surface area contributed by atoms with Crippen molar-refractivity contribution in [3.05, 3.63) is 25.3 Å². The molecule has 1 fully saturated rings. The number of hydrogen-bond donors (Lipinski definition) is 2. The van der Waals surface area contributed by atoms with Gasteiger partial charge in [-0.1, -0.05) is 12.7 Å². The Labute approximate surface area is 100 Å². The van der Waals surface area contributed by atoms with Crippen LogP contribution in [-0.4, -0.2) is 34.8 Å². The molecule has 0 aliphatic carbocycles. The molecule has 94 valence electrons. The van der Waals surface area contributed by atoms with Gasteiger partial charge in [0.1, 0.15) is 5.54 Å². The SMILES string of the molecule is C=CC(N)=O.C=CCN1C(=O)NC(C)(C)C1=O. The molecule has 0 atom stereocenters. The van der Waals surface area contributed by atoms with Crippen LogP contribution in [0.1, 0.15) is 13.8 Å². The average Bonchev–Trinajstić information content (AvgIpc) is 2.42. The number of carbonyl (C=O) groups is 3. The maximum atomic E-state index is 11.4. The average molecular weight is 239 g/mol. The topological polar surface area (TPSA) is 92.5 Å². The molecular weight excluding hydrogens is 222 g/mol. The number of urea groups is 1. The lowest BCUT2D eigenvalue weighted by molar-refractivity contribution is -0.129. The first-order chi connectivity index (χ1) is 7.76. The van der Waals surface area contributed by atoms with Gasteiger partial charge in [0.2, 0.25) is 5.91 Å². The molecular formula is C11H17N3O3. The van der Waals surface area contributed by atoms with Crippen LogP contribution in [0.15, 0.2) is 25.3 Å². The summed E-state index contributed by atoms with van der Waals surface area (Å²) in [6.45, 7) is 10.2. The van der Waals surface area contributed by atoms with Crippen LogP contribution in [0.25, 0.3) is 0 Å². The molecule has 1 aliphatic heterocycles. The van der Waals surface area contributed by atoms with Crippen LogP contribution < -0.4 is 11.1 Å². The zero-order valence-electron chi connectivity index (χ0n) is 10.0. The fourth-order valence-corrected chi connectivity index (χ4v) is 1.11. The second kappa shape index (κ2) is 5.83. The smallest absolute Gasteiger partial charge is 0.325 e. The number of nitrogens with one attached hydrogen (secondary N) is 1. The van der Waals surface area contributed by atoms with Crippen LogP contribution >= 0.6 is 0 Å². The molecule has 0 unspecified atom stereocenters. The molecule has 4 amide bonds. The summed E-state index contributed by atoms with van der Waals surface area (Å²) in [4.78, 5) is 33.2. The fourth-order valence-electron chi connectivity index (χ4n) is 1.11. The number of carbonyl (C=O) groups excluding carboxylic acids is 3. The van der Waals surface area contributed by atoms with Gasteiger partial charge in [0.15, 0.2) is 0 Å². The summed E-state index contributed by atoms with van der Waals surface area (Å²) in [5.41, 5.74) is 3.77. The summed E-state index contributed by atoms with van der Waals surface area (Å²) < 4.78 is 0. The molecule has 3 N–H and O–H groups in total. The van der Waals surface area contributed by atoms with Crippen molar-refractivity contribution in [2.75, 3.05) is 6.54 Å². The maximum Gasteiger partial charge on any atom is 0.325 e. The highest BCUT2D eigenvalue weighted by molar-refractivity contribution is 6.06. The third-order valence-electron chi connectivity index (χ3n) is 1.96. The Bertz CT molecular complexity index is 361. The molecule has 0 radical (unpaired) electrons. The highest BCUT2D eigenvalue weighted by atomic mass is 16.2. The Balaban J connectivity index is 0.000000437. The Kier molecular flexibility index (Phi) is 5.11. The first-order valence-electron chi connectivity index (χ1n) is 4.93. The summed E-state index contributed by atoms with van der Waals surface area (Å²) in [5, 5.41) is 2.57. The molecule has 0 spiro atoms. The van der Waals surface area contributed by atoms with E-state index in [-0.39, 0.29) is 18.5 Å². The summed E-state index contributed by atoms with van der Waals surface area (Å²) >= 11 is 0. The van der Waals surface area contributed by atoms with E-state index in [0.29, 0.717) is 0 Å². The van der Waals surface area contributed by atoms with Gasteiger partial charge in [-0.3, -0.25) is 14.5 Å². The predicted octanol–water partition coefficient (Wildman–Crippen LogP) is 0.160. The largest absolute Gasteiger partial charge is 0.366 e. The minimum atomic E-state index is -0.764. The van der Waals surface area contributed by atoms with Gasteiger partial charge < -0.3 is 11.1 Å². The third kappa shape index (κ3) is 4.10. The van der Waals surface area contributed by atoms with E-state index in [1.165, 1.54) is 6.08 Å². The van der Waals surface area contributed by atoms with E-state index in [9.17, 15) is 14.4 Å². The van der Waals surface area contributed by atoms with Crippen molar-refractivity contribution in [2.24, 2.45) is 5.73 Å². The van der Waals surface area contributed by atoms with Gasteiger partial charge in [-0.15, -0.1) is 6.58 Å². The molecule has 0 bridgehead atoms. The van der Waals surface area contributed by atoms with Gasteiger partial charge in [-0.05, 0) is 19.9 Å². The normalized spacial score (nSPS) is 16.7.